The van der Waals surface area contributed by atoms with Gasteiger partial charge in [0.2, 0.25) is 0 Å². The van der Waals surface area contributed by atoms with Crippen LogP contribution in [0.2, 0.25) is 5.02 Å². The maximum absolute atomic E-state index is 13.7. The third kappa shape index (κ3) is 3.08. The molecule has 0 radical (unpaired) electrons. The van der Waals surface area contributed by atoms with E-state index in [-0.39, 0.29) is 16.6 Å². The van der Waals surface area contributed by atoms with Gasteiger partial charge in [-0.1, -0.05) is 23.7 Å². The molecule has 104 valence electrons. The number of halogens is 2. The molecule has 1 amide bonds. The van der Waals surface area contributed by atoms with Crippen LogP contribution in [0.15, 0.2) is 42.5 Å². The van der Waals surface area contributed by atoms with E-state index >= 15 is 0 Å². The fraction of sp³-hybridized carbons (Fsp3) is 0.133. The van der Waals surface area contributed by atoms with Gasteiger partial charge in [0.1, 0.15) is 0 Å². The van der Waals surface area contributed by atoms with Crippen molar-refractivity contribution in [1.82, 2.24) is 0 Å². The maximum Gasteiger partial charge on any atom is 0.255 e. The Labute approximate surface area is 122 Å². The molecule has 0 saturated carbocycles. The molecule has 0 aliphatic carbocycles. The lowest BCUT2D eigenvalue weighted by atomic mass is 10.1. The third-order valence-corrected chi connectivity index (χ3v) is 3.12. The fourth-order valence-corrected chi connectivity index (χ4v) is 1.89. The molecule has 0 aliphatic rings. The predicted octanol–water partition coefficient (Wildman–Crippen LogP) is 3.80. The van der Waals surface area contributed by atoms with Gasteiger partial charge in [0, 0.05) is 25.3 Å². The molecule has 0 heterocycles. The van der Waals surface area contributed by atoms with Crippen LogP contribution in [0.25, 0.3) is 0 Å². The van der Waals surface area contributed by atoms with Crippen molar-refractivity contribution in [3.63, 3.8) is 0 Å². The largest absolute Gasteiger partial charge is 0.378 e. The first-order chi connectivity index (χ1) is 9.49. The molecule has 5 heteroatoms. The number of rotatable bonds is 3. The summed E-state index contributed by atoms with van der Waals surface area (Å²) in [6.07, 6.45) is 0. The molecule has 0 bridgehead atoms. The van der Waals surface area contributed by atoms with Gasteiger partial charge in [-0.2, -0.15) is 0 Å². The van der Waals surface area contributed by atoms with Crippen molar-refractivity contribution in [2.45, 2.75) is 0 Å². The lowest BCUT2D eigenvalue weighted by Gasteiger charge is -2.13. The minimum atomic E-state index is -0.633. The maximum atomic E-state index is 13.7. The van der Waals surface area contributed by atoms with Gasteiger partial charge in [0.15, 0.2) is 5.82 Å². The van der Waals surface area contributed by atoms with Crippen molar-refractivity contribution >= 4 is 28.9 Å². The Bertz CT molecular complexity index is 644. The Morgan fingerprint density at radius 3 is 2.60 bits per heavy atom. The highest BCUT2D eigenvalue weighted by Crippen LogP contribution is 2.23. The first-order valence-corrected chi connectivity index (χ1v) is 6.39. The topological polar surface area (TPSA) is 32.3 Å². The Balaban J connectivity index is 2.24. The van der Waals surface area contributed by atoms with Gasteiger partial charge in [-0.25, -0.2) is 4.39 Å². The third-order valence-electron chi connectivity index (χ3n) is 2.82. The molecule has 2 aromatic carbocycles. The first kappa shape index (κ1) is 14.3. The van der Waals surface area contributed by atoms with E-state index in [0.29, 0.717) is 5.56 Å². The molecule has 0 saturated heterocycles. The van der Waals surface area contributed by atoms with Gasteiger partial charge in [-0.3, -0.25) is 4.79 Å². The zero-order valence-electron chi connectivity index (χ0n) is 11.2. The van der Waals surface area contributed by atoms with Crippen LogP contribution >= 0.6 is 11.6 Å². The number of carbonyl (C=O) groups excluding carboxylic acids is 1. The number of benzene rings is 2. The summed E-state index contributed by atoms with van der Waals surface area (Å²) in [4.78, 5) is 14.0. The molecule has 1 N–H and O–H groups in total. The standard InChI is InChI=1S/C15H14ClFN2O/c1-19(2)11-6-3-5-10(9-11)15(20)18-13-8-4-7-12(16)14(13)17/h3-9H,1-2H3,(H,18,20). The molecule has 2 aromatic rings. The van der Waals surface area contributed by atoms with Crippen molar-refractivity contribution < 1.29 is 9.18 Å². The molecule has 0 aromatic heterocycles. The lowest BCUT2D eigenvalue weighted by Crippen LogP contribution is -2.15. The number of amides is 1. The average Bonchev–Trinajstić information content (AvgIpc) is 2.44. The van der Waals surface area contributed by atoms with Crippen LogP contribution < -0.4 is 10.2 Å². The summed E-state index contributed by atoms with van der Waals surface area (Å²) in [6.45, 7) is 0. The number of carbonyl (C=O) groups is 1. The van der Waals surface area contributed by atoms with Crippen molar-refractivity contribution in [3.8, 4) is 0 Å². The molecule has 0 fully saturated rings. The van der Waals surface area contributed by atoms with E-state index in [1.807, 2.05) is 25.1 Å². The van der Waals surface area contributed by atoms with Gasteiger partial charge >= 0.3 is 0 Å². The second kappa shape index (κ2) is 5.92. The normalized spacial score (nSPS) is 10.2. The Kier molecular flexibility index (Phi) is 4.25. The minimum Gasteiger partial charge on any atom is -0.378 e. The number of hydrogen-bond acceptors (Lipinski definition) is 2. The Morgan fingerprint density at radius 2 is 1.90 bits per heavy atom. The van der Waals surface area contributed by atoms with Crippen LogP contribution in [0.3, 0.4) is 0 Å². The van der Waals surface area contributed by atoms with E-state index in [1.165, 1.54) is 12.1 Å². The zero-order valence-corrected chi connectivity index (χ0v) is 11.9. The van der Waals surface area contributed by atoms with E-state index in [9.17, 15) is 9.18 Å². The van der Waals surface area contributed by atoms with E-state index in [4.69, 9.17) is 11.6 Å². The van der Waals surface area contributed by atoms with Gasteiger partial charge in [-0.15, -0.1) is 0 Å². The van der Waals surface area contributed by atoms with E-state index in [2.05, 4.69) is 5.32 Å². The van der Waals surface area contributed by atoms with Gasteiger partial charge in [0.25, 0.3) is 5.91 Å². The quantitative estimate of drug-likeness (QED) is 0.933. The molecule has 0 aliphatic heterocycles. The molecular weight excluding hydrogens is 279 g/mol. The van der Waals surface area contributed by atoms with Crippen molar-refractivity contribution in [3.05, 3.63) is 58.9 Å². The van der Waals surface area contributed by atoms with Crippen LogP contribution in [0.1, 0.15) is 10.4 Å². The predicted molar refractivity (Wildman–Crippen MR) is 80.1 cm³/mol. The molecule has 0 spiro atoms. The summed E-state index contributed by atoms with van der Waals surface area (Å²) in [5, 5.41) is 2.49. The van der Waals surface area contributed by atoms with Crippen LogP contribution in [-0.2, 0) is 0 Å². The zero-order chi connectivity index (χ0) is 14.7. The van der Waals surface area contributed by atoms with Crippen molar-refractivity contribution in [1.29, 1.82) is 0 Å². The summed E-state index contributed by atoms with van der Waals surface area (Å²) in [5.74, 6) is -1.01. The average molecular weight is 293 g/mol. The van der Waals surface area contributed by atoms with Gasteiger partial charge < -0.3 is 10.2 Å². The Morgan fingerprint density at radius 1 is 1.20 bits per heavy atom. The summed E-state index contributed by atoms with van der Waals surface area (Å²) in [7, 11) is 3.77. The molecular formula is C15H14ClFN2O. The number of hydrogen-bond donors (Lipinski definition) is 1. The van der Waals surface area contributed by atoms with Crippen LogP contribution in [0.5, 0.6) is 0 Å². The minimum absolute atomic E-state index is 0.0233. The SMILES string of the molecule is CN(C)c1cccc(C(=O)Nc2cccc(Cl)c2F)c1. The van der Waals surface area contributed by atoms with Gasteiger partial charge in [-0.05, 0) is 30.3 Å². The molecule has 2 rings (SSSR count). The van der Waals surface area contributed by atoms with Crippen LogP contribution in [0, 0.1) is 5.82 Å². The smallest absolute Gasteiger partial charge is 0.255 e. The van der Waals surface area contributed by atoms with E-state index in [1.54, 1.807) is 24.3 Å². The second-order valence-corrected chi connectivity index (χ2v) is 4.91. The summed E-state index contributed by atoms with van der Waals surface area (Å²) >= 11 is 5.68. The number of nitrogens with zero attached hydrogens (tertiary/aromatic N) is 1. The molecule has 0 atom stereocenters. The number of nitrogens with one attached hydrogen (secondary N) is 1. The molecule has 20 heavy (non-hydrogen) atoms. The molecule has 0 unspecified atom stereocenters. The Hall–Kier alpha value is -2.07. The summed E-state index contributed by atoms with van der Waals surface area (Å²) in [5.41, 5.74) is 1.41. The fourth-order valence-electron chi connectivity index (χ4n) is 1.72. The molecule has 3 nitrogen and oxygen atoms in total. The first-order valence-electron chi connectivity index (χ1n) is 6.02. The second-order valence-electron chi connectivity index (χ2n) is 4.50. The highest BCUT2D eigenvalue weighted by atomic mass is 35.5. The van der Waals surface area contributed by atoms with Crippen molar-refractivity contribution in [2.75, 3.05) is 24.3 Å². The van der Waals surface area contributed by atoms with Crippen LogP contribution in [-0.4, -0.2) is 20.0 Å². The lowest BCUT2D eigenvalue weighted by molar-refractivity contribution is 0.102. The van der Waals surface area contributed by atoms with Crippen molar-refractivity contribution in [2.24, 2.45) is 0 Å². The van der Waals surface area contributed by atoms with Crippen LogP contribution in [0.4, 0.5) is 15.8 Å². The highest BCUT2D eigenvalue weighted by Gasteiger charge is 2.12. The van der Waals surface area contributed by atoms with E-state index in [0.717, 1.165) is 5.69 Å². The highest BCUT2D eigenvalue weighted by molar-refractivity contribution is 6.31. The summed E-state index contributed by atoms with van der Waals surface area (Å²) < 4.78 is 13.7. The van der Waals surface area contributed by atoms with E-state index < -0.39 is 5.82 Å². The monoisotopic (exact) mass is 292 g/mol. The summed E-state index contributed by atoms with van der Waals surface area (Å²) in [6, 6.07) is 11.5. The van der Waals surface area contributed by atoms with Gasteiger partial charge in [0.05, 0.1) is 10.7 Å². The number of anilines is 2.